The Labute approximate surface area is 127 Å². The smallest absolute Gasteiger partial charge is 0.253 e. The van der Waals surface area contributed by atoms with Crippen molar-refractivity contribution in [2.75, 3.05) is 24.2 Å². The lowest BCUT2D eigenvalue weighted by molar-refractivity contribution is -0.113. The summed E-state index contributed by atoms with van der Waals surface area (Å²) in [5.41, 5.74) is 1.31. The topological polar surface area (TPSA) is 73.2 Å². The van der Waals surface area contributed by atoms with Crippen molar-refractivity contribution in [3.63, 3.8) is 0 Å². The molecule has 0 atom stereocenters. The Hall–Kier alpha value is -2.00. The highest BCUT2D eigenvalue weighted by molar-refractivity contribution is 8.00. The van der Waals surface area contributed by atoms with Crippen LogP contribution in [-0.2, 0) is 4.79 Å². The van der Waals surface area contributed by atoms with E-state index in [1.807, 2.05) is 12.1 Å². The van der Waals surface area contributed by atoms with Crippen LogP contribution in [-0.4, -0.2) is 35.6 Å². The average molecular weight is 301 g/mol. The predicted molar refractivity (Wildman–Crippen MR) is 80.0 cm³/mol. The van der Waals surface area contributed by atoms with Crippen molar-refractivity contribution in [1.29, 1.82) is 5.26 Å². The molecule has 6 heteroatoms. The molecule has 2 aliphatic rings. The molecule has 2 heterocycles. The standard InChI is InChI=1S/C15H15N3O2S/c16-8-10-3-5-18(6-4-10)15(20)11-1-2-13-12(7-11)17-14(19)9-21-13/h1-2,7,10H,3-6,9H2,(H,17,19). The van der Waals surface area contributed by atoms with E-state index >= 15 is 0 Å². The van der Waals surface area contributed by atoms with Crippen molar-refractivity contribution in [2.24, 2.45) is 5.92 Å². The fourth-order valence-corrected chi connectivity index (χ4v) is 3.40. The van der Waals surface area contributed by atoms with Gasteiger partial charge in [-0.2, -0.15) is 5.26 Å². The molecule has 1 fully saturated rings. The zero-order valence-corrected chi connectivity index (χ0v) is 12.3. The van der Waals surface area contributed by atoms with E-state index in [4.69, 9.17) is 5.26 Å². The largest absolute Gasteiger partial charge is 0.339 e. The Morgan fingerprint density at radius 1 is 1.38 bits per heavy atom. The number of hydrogen-bond donors (Lipinski definition) is 1. The number of likely N-dealkylation sites (tertiary alicyclic amines) is 1. The molecular formula is C15H15N3O2S. The van der Waals surface area contributed by atoms with E-state index in [1.54, 1.807) is 11.0 Å². The molecule has 1 saturated heterocycles. The molecule has 1 aromatic carbocycles. The highest BCUT2D eigenvalue weighted by atomic mass is 32.2. The lowest BCUT2D eigenvalue weighted by Gasteiger charge is -2.29. The Morgan fingerprint density at radius 2 is 2.14 bits per heavy atom. The Balaban J connectivity index is 1.75. The molecular weight excluding hydrogens is 286 g/mol. The minimum absolute atomic E-state index is 0.0287. The molecule has 2 aliphatic heterocycles. The molecule has 0 aromatic heterocycles. The summed E-state index contributed by atoms with van der Waals surface area (Å²) in [4.78, 5) is 26.7. The third-order valence-corrected chi connectivity index (χ3v) is 4.90. The number of benzene rings is 1. The van der Waals surface area contributed by atoms with Crippen LogP contribution in [0.1, 0.15) is 23.2 Å². The van der Waals surface area contributed by atoms with Gasteiger partial charge in [0.15, 0.2) is 0 Å². The van der Waals surface area contributed by atoms with Crippen LogP contribution in [0, 0.1) is 17.2 Å². The van der Waals surface area contributed by atoms with Gasteiger partial charge in [-0.25, -0.2) is 0 Å². The minimum atomic E-state index is -0.0352. The highest BCUT2D eigenvalue weighted by Gasteiger charge is 2.24. The summed E-state index contributed by atoms with van der Waals surface area (Å²) in [5.74, 6) is 0.418. The average Bonchev–Trinajstić information content (AvgIpc) is 2.53. The first-order valence-corrected chi connectivity index (χ1v) is 7.91. The maximum Gasteiger partial charge on any atom is 0.253 e. The van der Waals surface area contributed by atoms with Crippen LogP contribution in [0.3, 0.4) is 0 Å². The van der Waals surface area contributed by atoms with Crippen LogP contribution < -0.4 is 5.32 Å². The van der Waals surface area contributed by atoms with Crippen LogP contribution in [0.5, 0.6) is 0 Å². The molecule has 2 amide bonds. The molecule has 0 radical (unpaired) electrons. The molecule has 0 saturated carbocycles. The second kappa shape index (κ2) is 5.78. The Kier molecular flexibility index (Phi) is 3.84. The third kappa shape index (κ3) is 2.88. The first-order chi connectivity index (χ1) is 10.2. The van der Waals surface area contributed by atoms with Gasteiger partial charge in [-0.3, -0.25) is 9.59 Å². The molecule has 0 unspecified atom stereocenters. The minimum Gasteiger partial charge on any atom is -0.339 e. The molecule has 5 nitrogen and oxygen atoms in total. The highest BCUT2D eigenvalue weighted by Crippen LogP contribution is 2.32. The molecule has 1 aromatic rings. The molecule has 0 aliphatic carbocycles. The van der Waals surface area contributed by atoms with Crippen molar-refractivity contribution >= 4 is 29.3 Å². The van der Waals surface area contributed by atoms with Crippen molar-refractivity contribution in [3.8, 4) is 6.07 Å². The number of rotatable bonds is 1. The molecule has 0 spiro atoms. The van der Waals surface area contributed by atoms with Gasteiger partial charge in [-0.05, 0) is 31.0 Å². The first kappa shape index (κ1) is 14.0. The summed E-state index contributed by atoms with van der Waals surface area (Å²) in [6, 6.07) is 7.70. The van der Waals surface area contributed by atoms with Crippen molar-refractivity contribution in [3.05, 3.63) is 23.8 Å². The monoisotopic (exact) mass is 301 g/mol. The Bertz CT molecular complexity index is 630. The van der Waals surface area contributed by atoms with Gasteiger partial charge >= 0.3 is 0 Å². The van der Waals surface area contributed by atoms with Crippen molar-refractivity contribution < 1.29 is 9.59 Å². The summed E-state index contributed by atoms with van der Waals surface area (Å²) >= 11 is 1.48. The number of nitriles is 1. The summed E-state index contributed by atoms with van der Waals surface area (Å²) in [5, 5.41) is 11.7. The van der Waals surface area contributed by atoms with Crippen molar-refractivity contribution in [2.45, 2.75) is 17.7 Å². The number of fused-ring (bicyclic) bond motifs is 1. The van der Waals surface area contributed by atoms with Gasteiger partial charge in [-0.15, -0.1) is 11.8 Å². The van der Waals surface area contributed by atoms with Gasteiger partial charge in [0.05, 0.1) is 17.5 Å². The van der Waals surface area contributed by atoms with Crippen LogP contribution in [0.4, 0.5) is 5.69 Å². The summed E-state index contributed by atoms with van der Waals surface area (Å²) in [7, 11) is 0. The molecule has 3 rings (SSSR count). The third-order valence-electron chi connectivity index (χ3n) is 3.82. The lowest BCUT2D eigenvalue weighted by atomic mass is 9.98. The van der Waals surface area contributed by atoms with E-state index in [1.165, 1.54) is 11.8 Å². The Morgan fingerprint density at radius 3 is 2.86 bits per heavy atom. The van der Waals surface area contributed by atoms with E-state index < -0.39 is 0 Å². The molecule has 1 N–H and O–H groups in total. The van der Waals surface area contributed by atoms with Gasteiger partial charge in [0, 0.05) is 29.5 Å². The molecule has 0 bridgehead atoms. The number of carbonyl (C=O) groups is 2. The quantitative estimate of drug-likeness (QED) is 0.862. The first-order valence-electron chi connectivity index (χ1n) is 6.93. The normalized spacial score (nSPS) is 18.6. The number of thioether (sulfide) groups is 1. The van der Waals surface area contributed by atoms with E-state index in [0.717, 1.165) is 17.7 Å². The zero-order chi connectivity index (χ0) is 14.8. The fraction of sp³-hybridized carbons (Fsp3) is 0.400. The van der Waals surface area contributed by atoms with Gasteiger partial charge in [0.2, 0.25) is 5.91 Å². The van der Waals surface area contributed by atoms with E-state index in [-0.39, 0.29) is 17.7 Å². The van der Waals surface area contributed by atoms with E-state index in [0.29, 0.717) is 30.1 Å². The van der Waals surface area contributed by atoms with E-state index in [9.17, 15) is 9.59 Å². The number of piperidine rings is 1. The number of nitrogens with zero attached hydrogens (tertiary/aromatic N) is 2. The predicted octanol–water partition coefficient (Wildman–Crippen LogP) is 2.11. The van der Waals surface area contributed by atoms with Crippen molar-refractivity contribution in [1.82, 2.24) is 4.90 Å². The maximum absolute atomic E-state index is 12.5. The number of anilines is 1. The SMILES string of the molecule is N#CC1CCN(C(=O)c2ccc3c(c2)NC(=O)CS3)CC1. The van der Waals surface area contributed by atoms with Crippen LogP contribution in [0.25, 0.3) is 0 Å². The maximum atomic E-state index is 12.5. The van der Waals surface area contributed by atoms with Gasteiger partial charge in [0.25, 0.3) is 5.91 Å². The number of carbonyl (C=O) groups excluding carboxylic acids is 2. The van der Waals surface area contributed by atoms with Gasteiger partial charge in [-0.1, -0.05) is 0 Å². The second-order valence-corrected chi connectivity index (χ2v) is 6.26. The molecule has 21 heavy (non-hydrogen) atoms. The number of amides is 2. The van der Waals surface area contributed by atoms with E-state index in [2.05, 4.69) is 11.4 Å². The lowest BCUT2D eigenvalue weighted by Crippen LogP contribution is -2.38. The van der Waals surface area contributed by atoms with Gasteiger partial charge in [0.1, 0.15) is 0 Å². The van der Waals surface area contributed by atoms with Gasteiger partial charge < -0.3 is 10.2 Å². The van der Waals surface area contributed by atoms with Crippen LogP contribution >= 0.6 is 11.8 Å². The van der Waals surface area contributed by atoms with Crippen LogP contribution in [0.15, 0.2) is 23.1 Å². The van der Waals surface area contributed by atoms with Crippen LogP contribution in [0.2, 0.25) is 0 Å². The number of hydrogen-bond acceptors (Lipinski definition) is 4. The summed E-state index contributed by atoms with van der Waals surface area (Å²) < 4.78 is 0. The number of nitrogens with one attached hydrogen (secondary N) is 1. The summed E-state index contributed by atoms with van der Waals surface area (Å²) in [6.45, 7) is 1.24. The zero-order valence-electron chi connectivity index (χ0n) is 11.5. The fourth-order valence-electron chi connectivity index (χ4n) is 2.61. The second-order valence-electron chi connectivity index (χ2n) is 5.24. The summed E-state index contributed by atoms with van der Waals surface area (Å²) in [6.07, 6.45) is 1.47. The molecule has 108 valence electrons.